The van der Waals surface area contributed by atoms with E-state index in [0.717, 1.165) is 6.42 Å². The number of thioether (sulfide) groups is 1. The molecule has 0 saturated heterocycles. The Morgan fingerprint density at radius 3 is 2.53 bits per heavy atom. The summed E-state index contributed by atoms with van der Waals surface area (Å²) in [6.07, 6.45) is 1.45. The van der Waals surface area contributed by atoms with Gasteiger partial charge in [0, 0.05) is 11.3 Å². The number of ketones is 1. The number of halogens is 1. The minimum atomic E-state index is -0.249. The van der Waals surface area contributed by atoms with E-state index >= 15 is 0 Å². The predicted molar refractivity (Wildman–Crippen MR) is 70.8 cm³/mol. The quantitative estimate of drug-likeness (QED) is 0.728. The van der Waals surface area contributed by atoms with Crippen molar-refractivity contribution in [2.75, 3.05) is 5.75 Å². The Hall–Kier alpha value is -0.830. The number of rotatable bonds is 5. The molecule has 0 fully saturated rings. The zero-order chi connectivity index (χ0) is 12.9. The second-order valence-corrected chi connectivity index (χ2v) is 6.34. The minimum Gasteiger partial charge on any atom is -0.299 e. The Bertz CT molecular complexity index is 382. The van der Waals surface area contributed by atoms with E-state index in [4.69, 9.17) is 0 Å². The lowest BCUT2D eigenvalue weighted by atomic mass is 9.90. The van der Waals surface area contributed by atoms with Gasteiger partial charge < -0.3 is 0 Å². The van der Waals surface area contributed by atoms with E-state index in [1.54, 1.807) is 18.2 Å². The second-order valence-electron chi connectivity index (χ2n) is 5.32. The molecule has 0 unspecified atom stereocenters. The van der Waals surface area contributed by atoms with Crippen molar-refractivity contribution in [2.45, 2.75) is 38.5 Å². The maximum absolute atomic E-state index is 13.3. The van der Waals surface area contributed by atoms with Gasteiger partial charge in [-0.1, -0.05) is 32.9 Å². The molecular formula is C14H19FOS. The minimum absolute atomic E-state index is 0.179. The highest BCUT2D eigenvalue weighted by molar-refractivity contribution is 8.00. The normalized spacial score (nSPS) is 11.5. The van der Waals surface area contributed by atoms with Crippen LogP contribution in [0.25, 0.3) is 0 Å². The summed E-state index contributed by atoms with van der Waals surface area (Å²) in [5.74, 6) is 0.297. The van der Waals surface area contributed by atoms with Gasteiger partial charge in [0.25, 0.3) is 0 Å². The average Bonchev–Trinajstić information content (AvgIpc) is 2.24. The van der Waals surface area contributed by atoms with Crippen molar-refractivity contribution in [2.24, 2.45) is 5.41 Å². The maximum atomic E-state index is 13.3. The van der Waals surface area contributed by atoms with Crippen LogP contribution >= 0.6 is 11.8 Å². The average molecular weight is 254 g/mol. The van der Waals surface area contributed by atoms with E-state index in [1.807, 2.05) is 0 Å². The molecule has 1 nitrogen and oxygen atoms in total. The topological polar surface area (TPSA) is 17.1 Å². The number of hydrogen-bond donors (Lipinski definition) is 0. The molecule has 0 heterocycles. The standard InChI is InChI=1S/C14H19FOS/c1-14(2,3)9-8-11(16)10-17-13-7-5-4-6-12(13)15/h4-7H,8-10H2,1-3H3. The molecule has 0 aromatic heterocycles. The first-order valence-corrected chi connectivity index (χ1v) is 6.76. The molecule has 0 spiro atoms. The van der Waals surface area contributed by atoms with Crippen molar-refractivity contribution in [3.05, 3.63) is 30.1 Å². The van der Waals surface area contributed by atoms with Crippen molar-refractivity contribution in [3.63, 3.8) is 0 Å². The molecule has 0 aliphatic rings. The third kappa shape index (κ3) is 5.87. The van der Waals surface area contributed by atoms with Crippen molar-refractivity contribution in [1.29, 1.82) is 0 Å². The largest absolute Gasteiger partial charge is 0.299 e. The van der Waals surface area contributed by atoms with E-state index in [1.165, 1.54) is 17.8 Å². The van der Waals surface area contributed by atoms with E-state index in [-0.39, 0.29) is 17.0 Å². The Morgan fingerprint density at radius 1 is 1.29 bits per heavy atom. The molecule has 1 aromatic carbocycles. The molecule has 94 valence electrons. The first-order valence-electron chi connectivity index (χ1n) is 5.77. The van der Waals surface area contributed by atoms with Gasteiger partial charge in [-0.15, -0.1) is 11.8 Å². The summed E-state index contributed by atoms with van der Waals surface area (Å²) in [5, 5.41) is 0. The van der Waals surface area contributed by atoms with E-state index in [9.17, 15) is 9.18 Å². The van der Waals surface area contributed by atoms with Crippen LogP contribution in [0.15, 0.2) is 29.2 Å². The molecule has 3 heteroatoms. The molecule has 0 atom stereocenters. The molecule has 0 amide bonds. The summed E-state index contributed by atoms with van der Waals surface area (Å²) >= 11 is 1.28. The van der Waals surface area contributed by atoms with Gasteiger partial charge >= 0.3 is 0 Å². The fourth-order valence-corrected chi connectivity index (χ4v) is 2.15. The van der Waals surface area contributed by atoms with Gasteiger partial charge in [0.1, 0.15) is 11.6 Å². The van der Waals surface area contributed by atoms with Crippen LogP contribution in [0.2, 0.25) is 0 Å². The van der Waals surface area contributed by atoms with Gasteiger partial charge in [0.05, 0.1) is 5.75 Å². The lowest BCUT2D eigenvalue weighted by molar-refractivity contribution is -0.117. The molecule has 0 bridgehead atoms. The second kappa shape index (κ2) is 6.20. The van der Waals surface area contributed by atoms with Crippen LogP contribution in [0.3, 0.4) is 0 Å². The third-order valence-electron chi connectivity index (χ3n) is 2.38. The third-order valence-corrected chi connectivity index (χ3v) is 3.49. The molecule has 0 N–H and O–H groups in total. The van der Waals surface area contributed by atoms with Gasteiger partial charge in [0.2, 0.25) is 0 Å². The molecule has 17 heavy (non-hydrogen) atoms. The highest BCUT2D eigenvalue weighted by Crippen LogP contribution is 2.24. The monoisotopic (exact) mass is 254 g/mol. The number of Topliss-reactive ketones (excluding diaryl/α,β-unsaturated/α-hetero) is 1. The van der Waals surface area contributed by atoms with Crippen LogP contribution in [0.5, 0.6) is 0 Å². The van der Waals surface area contributed by atoms with Gasteiger partial charge in [0.15, 0.2) is 0 Å². The van der Waals surface area contributed by atoms with E-state index in [2.05, 4.69) is 20.8 Å². The first-order chi connectivity index (χ1) is 7.88. The van der Waals surface area contributed by atoms with Crippen molar-refractivity contribution < 1.29 is 9.18 Å². The predicted octanol–water partition coefficient (Wildman–Crippen LogP) is 4.31. The lowest BCUT2D eigenvalue weighted by Gasteiger charge is -2.16. The summed E-state index contributed by atoms with van der Waals surface area (Å²) < 4.78 is 13.3. The molecule has 0 saturated carbocycles. The van der Waals surface area contributed by atoms with Gasteiger partial charge in [-0.05, 0) is 24.0 Å². The molecule has 0 aliphatic heterocycles. The van der Waals surface area contributed by atoms with Crippen molar-refractivity contribution in [3.8, 4) is 0 Å². The Morgan fingerprint density at radius 2 is 1.94 bits per heavy atom. The van der Waals surface area contributed by atoms with Crippen LogP contribution in [-0.4, -0.2) is 11.5 Å². The molecule has 1 aromatic rings. The first kappa shape index (κ1) is 14.2. The van der Waals surface area contributed by atoms with Crippen molar-refractivity contribution in [1.82, 2.24) is 0 Å². The Balaban J connectivity index is 2.36. The zero-order valence-electron chi connectivity index (χ0n) is 10.6. The van der Waals surface area contributed by atoms with E-state index < -0.39 is 0 Å². The Labute approximate surface area is 107 Å². The fraction of sp³-hybridized carbons (Fsp3) is 0.500. The van der Waals surface area contributed by atoms with Crippen LogP contribution < -0.4 is 0 Å². The summed E-state index contributed by atoms with van der Waals surface area (Å²) in [5.41, 5.74) is 0.179. The molecule has 0 aliphatic carbocycles. The number of carbonyl (C=O) groups is 1. The molecule has 1 rings (SSSR count). The van der Waals surface area contributed by atoms with Gasteiger partial charge in [-0.2, -0.15) is 0 Å². The van der Waals surface area contributed by atoms with Gasteiger partial charge in [-0.25, -0.2) is 4.39 Å². The summed E-state index contributed by atoms with van der Waals surface area (Å²) in [7, 11) is 0. The number of carbonyl (C=O) groups excluding carboxylic acids is 1. The number of benzene rings is 1. The smallest absolute Gasteiger partial charge is 0.143 e. The Kier molecular flexibility index (Phi) is 5.19. The highest BCUT2D eigenvalue weighted by Gasteiger charge is 2.13. The SMILES string of the molecule is CC(C)(C)CCC(=O)CSc1ccccc1F. The summed E-state index contributed by atoms with van der Waals surface area (Å²) in [6, 6.07) is 6.56. The zero-order valence-corrected chi connectivity index (χ0v) is 11.4. The van der Waals surface area contributed by atoms with E-state index in [0.29, 0.717) is 17.1 Å². The van der Waals surface area contributed by atoms with Gasteiger partial charge in [-0.3, -0.25) is 4.79 Å². The van der Waals surface area contributed by atoms with Crippen LogP contribution in [-0.2, 0) is 4.79 Å². The highest BCUT2D eigenvalue weighted by atomic mass is 32.2. The van der Waals surface area contributed by atoms with Crippen molar-refractivity contribution >= 4 is 17.5 Å². The summed E-state index contributed by atoms with van der Waals surface area (Å²) in [6.45, 7) is 6.35. The maximum Gasteiger partial charge on any atom is 0.143 e. The fourth-order valence-electron chi connectivity index (χ4n) is 1.31. The van der Waals surface area contributed by atoms with Crippen LogP contribution in [0.4, 0.5) is 4.39 Å². The lowest BCUT2D eigenvalue weighted by Crippen LogP contribution is -2.10. The van der Waals surface area contributed by atoms with Crippen LogP contribution in [0.1, 0.15) is 33.6 Å². The summed E-state index contributed by atoms with van der Waals surface area (Å²) in [4.78, 5) is 12.2. The number of hydrogen-bond acceptors (Lipinski definition) is 2. The molecular weight excluding hydrogens is 235 g/mol. The molecule has 0 radical (unpaired) electrons. The van der Waals surface area contributed by atoms with Crippen LogP contribution in [0, 0.1) is 11.2 Å².